The molecule has 20 heavy (non-hydrogen) atoms. The highest BCUT2D eigenvalue weighted by molar-refractivity contribution is 5.47. The van der Waals surface area contributed by atoms with Crippen LogP contribution in [0.2, 0.25) is 0 Å². The SMILES string of the molecule is COc1cccc(CNC(C)C)c1OC1C=CCCC1. The lowest BCUT2D eigenvalue weighted by Crippen LogP contribution is -2.23. The number of hydrogen-bond donors (Lipinski definition) is 1. The van der Waals surface area contributed by atoms with Gasteiger partial charge in [-0.3, -0.25) is 0 Å². The minimum Gasteiger partial charge on any atom is -0.493 e. The summed E-state index contributed by atoms with van der Waals surface area (Å²) in [5, 5.41) is 3.44. The van der Waals surface area contributed by atoms with Crippen LogP contribution in [-0.2, 0) is 6.54 Å². The van der Waals surface area contributed by atoms with Crippen LogP contribution in [0.4, 0.5) is 0 Å². The molecule has 1 aliphatic carbocycles. The van der Waals surface area contributed by atoms with E-state index in [1.54, 1.807) is 7.11 Å². The van der Waals surface area contributed by atoms with Crippen molar-refractivity contribution >= 4 is 0 Å². The van der Waals surface area contributed by atoms with Crippen LogP contribution in [0.15, 0.2) is 30.4 Å². The first-order valence-electron chi connectivity index (χ1n) is 7.43. The fourth-order valence-corrected chi connectivity index (χ4v) is 2.34. The summed E-state index contributed by atoms with van der Waals surface area (Å²) in [6, 6.07) is 6.52. The van der Waals surface area contributed by atoms with E-state index in [0.29, 0.717) is 6.04 Å². The van der Waals surface area contributed by atoms with Gasteiger partial charge in [0.25, 0.3) is 0 Å². The number of rotatable bonds is 6. The molecule has 3 heteroatoms. The molecule has 1 unspecified atom stereocenters. The third kappa shape index (κ3) is 4.01. The van der Waals surface area contributed by atoms with Gasteiger partial charge >= 0.3 is 0 Å². The third-order valence-electron chi connectivity index (χ3n) is 3.46. The number of nitrogens with one attached hydrogen (secondary N) is 1. The van der Waals surface area contributed by atoms with E-state index < -0.39 is 0 Å². The molecule has 0 heterocycles. The Morgan fingerprint density at radius 1 is 1.35 bits per heavy atom. The first kappa shape index (κ1) is 14.9. The number of benzene rings is 1. The first-order valence-corrected chi connectivity index (χ1v) is 7.43. The van der Waals surface area contributed by atoms with Crippen LogP contribution in [0.3, 0.4) is 0 Å². The van der Waals surface area contributed by atoms with Crippen LogP contribution in [0.5, 0.6) is 11.5 Å². The molecular weight excluding hydrogens is 250 g/mol. The maximum Gasteiger partial charge on any atom is 0.166 e. The van der Waals surface area contributed by atoms with Gasteiger partial charge in [0.2, 0.25) is 0 Å². The Balaban J connectivity index is 2.18. The highest BCUT2D eigenvalue weighted by atomic mass is 16.5. The lowest BCUT2D eigenvalue weighted by Gasteiger charge is -2.22. The Bertz CT molecular complexity index is 454. The zero-order valence-electron chi connectivity index (χ0n) is 12.7. The van der Waals surface area contributed by atoms with Crippen molar-refractivity contribution in [1.82, 2.24) is 5.32 Å². The summed E-state index contributed by atoms with van der Waals surface area (Å²) in [6.07, 6.45) is 7.96. The molecule has 1 aliphatic rings. The Labute approximate surface area is 122 Å². The number of allylic oxidation sites excluding steroid dienone is 1. The van der Waals surface area contributed by atoms with Crippen molar-refractivity contribution in [1.29, 1.82) is 0 Å². The highest BCUT2D eigenvalue weighted by Crippen LogP contribution is 2.33. The number of hydrogen-bond acceptors (Lipinski definition) is 3. The average molecular weight is 275 g/mol. The van der Waals surface area contributed by atoms with Crippen LogP contribution in [0, 0.1) is 0 Å². The Kier molecular flexibility index (Phi) is 5.48. The maximum absolute atomic E-state index is 6.19. The molecule has 0 radical (unpaired) electrons. The van der Waals surface area contributed by atoms with Gasteiger partial charge in [0, 0.05) is 18.2 Å². The van der Waals surface area contributed by atoms with Crippen LogP contribution in [-0.4, -0.2) is 19.3 Å². The minimum atomic E-state index is 0.165. The molecule has 110 valence electrons. The van der Waals surface area contributed by atoms with Gasteiger partial charge in [-0.15, -0.1) is 0 Å². The monoisotopic (exact) mass is 275 g/mol. The van der Waals surface area contributed by atoms with Gasteiger partial charge in [0.15, 0.2) is 11.5 Å². The van der Waals surface area contributed by atoms with Crippen LogP contribution in [0.1, 0.15) is 38.7 Å². The lowest BCUT2D eigenvalue weighted by atomic mass is 10.0. The summed E-state index contributed by atoms with van der Waals surface area (Å²) in [5.41, 5.74) is 1.15. The van der Waals surface area contributed by atoms with Gasteiger partial charge in [-0.1, -0.05) is 32.1 Å². The molecule has 0 spiro atoms. The Morgan fingerprint density at radius 3 is 2.85 bits per heavy atom. The van der Waals surface area contributed by atoms with Crippen molar-refractivity contribution < 1.29 is 9.47 Å². The number of ether oxygens (including phenoxy) is 2. The Hall–Kier alpha value is -1.48. The third-order valence-corrected chi connectivity index (χ3v) is 3.46. The topological polar surface area (TPSA) is 30.5 Å². The zero-order valence-corrected chi connectivity index (χ0v) is 12.7. The molecular formula is C17H25NO2. The van der Waals surface area contributed by atoms with Gasteiger partial charge in [-0.2, -0.15) is 0 Å². The van der Waals surface area contributed by atoms with Crippen molar-refractivity contribution in [3.05, 3.63) is 35.9 Å². The highest BCUT2D eigenvalue weighted by Gasteiger charge is 2.16. The predicted octanol–water partition coefficient (Wildman–Crippen LogP) is 3.68. The van der Waals surface area contributed by atoms with E-state index in [1.807, 2.05) is 12.1 Å². The Morgan fingerprint density at radius 2 is 2.20 bits per heavy atom. The van der Waals surface area contributed by atoms with Crippen molar-refractivity contribution in [3.63, 3.8) is 0 Å². The fourth-order valence-electron chi connectivity index (χ4n) is 2.34. The average Bonchev–Trinajstić information content (AvgIpc) is 2.47. The molecule has 0 bridgehead atoms. The van der Waals surface area contributed by atoms with Gasteiger partial charge < -0.3 is 14.8 Å². The van der Waals surface area contributed by atoms with E-state index in [4.69, 9.17) is 9.47 Å². The molecule has 1 aromatic rings. The molecule has 0 saturated heterocycles. The molecule has 3 nitrogen and oxygen atoms in total. The standard InChI is InChI=1S/C17H25NO2/c1-13(2)18-12-14-8-7-11-16(19-3)17(14)20-15-9-5-4-6-10-15/h5,7-9,11,13,15,18H,4,6,10,12H2,1-3H3. The summed E-state index contributed by atoms with van der Waals surface area (Å²) < 4.78 is 11.6. The van der Waals surface area contributed by atoms with Crippen LogP contribution < -0.4 is 14.8 Å². The molecule has 1 aromatic carbocycles. The summed E-state index contributed by atoms with van der Waals surface area (Å²) in [5.74, 6) is 1.69. The second-order valence-corrected chi connectivity index (χ2v) is 5.50. The molecule has 0 aliphatic heterocycles. The van der Waals surface area contributed by atoms with Crippen LogP contribution in [0.25, 0.3) is 0 Å². The molecule has 0 fully saturated rings. The minimum absolute atomic E-state index is 0.165. The summed E-state index contributed by atoms with van der Waals surface area (Å²) in [7, 11) is 1.69. The van der Waals surface area contributed by atoms with Gasteiger partial charge in [-0.05, 0) is 31.4 Å². The molecule has 2 rings (SSSR count). The van der Waals surface area contributed by atoms with E-state index in [-0.39, 0.29) is 6.10 Å². The zero-order chi connectivity index (χ0) is 14.4. The van der Waals surface area contributed by atoms with E-state index in [9.17, 15) is 0 Å². The van der Waals surface area contributed by atoms with Crippen molar-refractivity contribution in [2.75, 3.05) is 7.11 Å². The van der Waals surface area contributed by atoms with Gasteiger partial charge in [0.05, 0.1) is 7.11 Å². The number of para-hydroxylation sites is 1. The fraction of sp³-hybridized carbons (Fsp3) is 0.529. The number of methoxy groups -OCH3 is 1. The van der Waals surface area contributed by atoms with Crippen molar-refractivity contribution in [3.8, 4) is 11.5 Å². The maximum atomic E-state index is 6.19. The molecule has 1 atom stereocenters. The predicted molar refractivity (Wildman–Crippen MR) is 82.4 cm³/mol. The van der Waals surface area contributed by atoms with Crippen molar-refractivity contribution in [2.24, 2.45) is 0 Å². The molecule has 1 N–H and O–H groups in total. The van der Waals surface area contributed by atoms with E-state index in [0.717, 1.165) is 36.4 Å². The van der Waals surface area contributed by atoms with Gasteiger partial charge in [0.1, 0.15) is 6.10 Å². The smallest absolute Gasteiger partial charge is 0.166 e. The summed E-state index contributed by atoms with van der Waals surface area (Å²) in [4.78, 5) is 0. The van der Waals surface area contributed by atoms with Crippen LogP contribution >= 0.6 is 0 Å². The second kappa shape index (κ2) is 7.34. The van der Waals surface area contributed by atoms with E-state index in [1.165, 1.54) is 6.42 Å². The summed E-state index contributed by atoms with van der Waals surface area (Å²) in [6.45, 7) is 5.08. The second-order valence-electron chi connectivity index (χ2n) is 5.50. The molecule has 0 aromatic heterocycles. The molecule has 0 saturated carbocycles. The first-order chi connectivity index (χ1) is 9.70. The molecule has 0 amide bonds. The van der Waals surface area contributed by atoms with Gasteiger partial charge in [-0.25, -0.2) is 0 Å². The summed E-state index contributed by atoms with van der Waals surface area (Å²) >= 11 is 0. The lowest BCUT2D eigenvalue weighted by molar-refractivity contribution is 0.216. The normalized spacial score (nSPS) is 18.3. The van der Waals surface area contributed by atoms with Crippen molar-refractivity contribution in [2.45, 2.75) is 51.8 Å². The largest absolute Gasteiger partial charge is 0.493 e. The quantitative estimate of drug-likeness (QED) is 0.803. The van der Waals surface area contributed by atoms with E-state index >= 15 is 0 Å². The van der Waals surface area contributed by atoms with E-state index in [2.05, 4.69) is 37.4 Å².